The Balaban J connectivity index is 1.33. The third kappa shape index (κ3) is 3.01. The minimum absolute atomic E-state index is 0.108. The molecule has 1 aliphatic heterocycles. The van der Waals surface area contributed by atoms with E-state index >= 15 is 0 Å². The van der Waals surface area contributed by atoms with Gasteiger partial charge in [-0.2, -0.15) is 9.61 Å². The molecule has 0 radical (unpaired) electrons. The normalized spacial score (nSPS) is 18.4. The van der Waals surface area contributed by atoms with E-state index in [1.165, 1.54) is 24.2 Å². The van der Waals surface area contributed by atoms with E-state index in [9.17, 15) is 4.79 Å². The second kappa shape index (κ2) is 6.37. The molecule has 2 fully saturated rings. The van der Waals surface area contributed by atoms with Crippen LogP contribution in [0.5, 0.6) is 0 Å². The highest BCUT2D eigenvalue weighted by atomic mass is 32.1. The van der Waals surface area contributed by atoms with E-state index in [-0.39, 0.29) is 11.8 Å². The van der Waals surface area contributed by atoms with Crippen molar-refractivity contribution in [3.8, 4) is 0 Å². The predicted molar refractivity (Wildman–Crippen MR) is 102 cm³/mol. The maximum atomic E-state index is 12.8. The molecule has 8 heteroatoms. The number of nitrogens with zero attached hydrogens (tertiary/aromatic N) is 6. The maximum absolute atomic E-state index is 12.8. The minimum Gasteiger partial charge on any atom is -0.338 e. The van der Waals surface area contributed by atoms with Crippen LogP contribution >= 0.6 is 11.3 Å². The van der Waals surface area contributed by atoms with Crippen LogP contribution in [0.4, 0.5) is 0 Å². The van der Waals surface area contributed by atoms with Crippen molar-refractivity contribution in [2.75, 3.05) is 13.1 Å². The van der Waals surface area contributed by atoms with Crippen molar-refractivity contribution in [2.24, 2.45) is 0 Å². The van der Waals surface area contributed by atoms with Crippen LogP contribution in [0.25, 0.3) is 5.65 Å². The number of fused-ring (bicyclic) bond motifs is 1. The molecule has 4 heterocycles. The van der Waals surface area contributed by atoms with Crippen LogP contribution in [0.2, 0.25) is 0 Å². The summed E-state index contributed by atoms with van der Waals surface area (Å²) < 4.78 is 1.92. The molecule has 0 atom stereocenters. The molecular formula is C19H22N6OS. The Kier molecular flexibility index (Phi) is 3.96. The second-order valence-electron chi connectivity index (χ2n) is 7.57. The van der Waals surface area contributed by atoms with Gasteiger partial charge in [0.1, 0.15) is 4.88 Å². The van der Waals surface area contributed by atoms with E-state index in [4.69, 9.17) is 5.10 Å². The molecule has 1 aliphatic carbocycles. The fourth-order valence-corrected chi connectivity index (χ4v) is 4.77. The Morgan fingerprint density at radius 3 is 2.52 bits per heavy atom. The van der Waals surface area contributed by atoms with Crippen LogP contribution in [0.15, 0.2) is 12.1 Å². The zero-order chi connectivity index (χ0) is 18.5. The number of piperidine rings is 1. The zero-order valence-electron chi connectivity index (χ0n) is 15.6. The predicted octanol–water partition coefficient (Wildman–Crippen LogP) is 3.09. The SMILES string of the molecule is Cc1nc(C)c(C(=O)N2CCC(c3nnc4ccc(C5CC5)nn34)CC2)s1. The molecular weight excluding hydrogens is 360 g/mol. The highest BCUT2D eigenvalue weighted by Crippen LogP contribution is 2.39. The smallest absolute Gasteiger partial charge is 0.265 e. The Bertz CT molecular complexity index is 1010. The third-order valence-electron chi connectivity index (χ3n) is 5.55. The monoisotopic (exact) mass is 382 g/mol. The van der Waals surface area contributed by atoms with Crippen LogP contribution in [0, 0.1) is 13.8 Å². The van der Waals surface area contributed by atoms with Crippen molar-refractivity contribution in [1.82, 2.24) is 29.7 Å². The maximum Gasteiger partial charge on any atom is 0.265 e. The average molecular weight is 382 g/mol. The first-order valence-corrected chi connectivity index (χ1v) is 10.4. The topological polar surface area (TPSA) is 76.3 Å². The lowest BCUT2D eigenvalue weighted by atomic mass is 9.96. The van der Waals surface area contributed by atoms with E-state index < -0.39 is 0 Å². The summed E-state index contributed by atoms with van der Waals surface area (Å²) >= 11 is 1.49. The number of hydrogen-bond acceptors (Lipinski definition) is 6. The number of thiazole rings is 1. The second-order valence-corrected chi connectivity index (χ2v) is 8.78. The summed E-state index contributed by atoms with van der Waals surface area (Å²) in [6.45, 7) is 5.32. The molecule has 2 aliphatic rings. The Morgan fingerprint density at radius 2 is 1.85 bits per heavy atom. The summed E-state index contributed by atoms with van der Waals surface area (Å²) in [5, 5.41) is 14.5. The van der Waals surface area contributed by atoms with Crippen molar-refractivity contribution in [2.45, 2.75) is 51.4 Å². The lowest BCUT2D eigenvalue weighted by Crippen LogP contribution is -2.38. The van der Waals surface area contributed by atoms with Gasteiger partial charge in [0.15, 0.2) is 11.5 Å². The number of aryl methyl sites for hydroxylation is 2. The molecule has 7 nitrogen and oxygen atoms in total. The first kappa shape index (κ1) is 16.8. The van der Waals surface area contributed by atoms with Crippen LogP contribution in [-0.2, 0) is 0 Å². The van der Waals surface area contributed by atoms with Crippen LogP contribution < -0.4 is 0 Å². The van der Waals surface area contributed by atoms with Crippen molar-refractivity contribution in [1.29, 1.82) is 0 Å². The fourth-order valence-electron chi connectivity index (χ4n) is 3.89. The highest BCUT2D eigenvalue weighted by Gasteiger charge is 2.30. The summed E-state index contributed by atoms with van der Waals surface area (Å²) in [7, 11) is 0. The molecule has 5 rings (SSSR count). The van der Waals surface area contributed by atoms with Gasteiger partial charge >= 0.3 is 0 Å². The summed E-state index contributed by atoms with van der Waals surface area (Å²) in [6.07, 6.45) is 4.23. The van der Waals surface area contributed by atoms with Gasteiger partial charge in [-0.25, -0.2) is 4.98 Å². The molecule has 0 bridgehead atoms. The standard InChI is InChI=1S/C19H22N6OS/c1-11-17(27-12(2)20-11)19(26)24-9-7-14(8-10-24)18-22-21-16-6-5-15(13-3-4-13)23-25(16)18/h5-6,13-14H,3-4,7-10H2,1-2H3. The van der Waals surface area contributed by atoms with Gasteiger partial charge in [0.2, 0.25) is 0 Å². The number of carbonyl (C=O) groups is 1. The molecule has 1 saturated heterocycles. The van der Waals surface area contributed by atoms with E-state index in [2.05, 4.69) is 21.2 Å². The van der Waals surface area contributed by atoms with Gasteiger partial charge in [-0.15, -0.1) is 21.5 Å². The van der Waals surface area contributed by atoms with E-state index in [0.29, 0.717) is 5.92 Å². The largest absolute Gasteiger partial charge is 0.338 e. The minimum atomic E-state index is 0.108. The number of amides is 1. The number of hydrogen-bond donors (Lipinski definition) is 0. The summed E-state index contributed by atoms with van der Waals surface area (Å²) in [5.74, 6) is 1.94. The number of carbonyl (C=O) groups excluding carboxylic acids is 1. The molecule has 3 aromatic rings. The highest BCUT2D eigenvalue weighted by molar-refractivity contribution is 7.13. The molecule has 0 N–H and O–H groups in total. The molecule has 0 aromatic carbocycles. The Morgan fingerprint density at radius 1 is 1.07 bits per heavy atom. The van der Waals surface area contributed by atoms with Gasteiger partial charge < -0.3 is 4.90 Å². The van der Waals surface area contributed by atoms with E-state index in [1.54, 1.807) is 0 Å². The Hall–Kier alpha value is -2.35. The van der Waals surface area contributed by atoms with Gasteiger partial charge in [-0.3, -0.25) is 4.79 Å². The lowest BCUT2D eigenvalue weighted by molar-refractivity contribution is 0.0714. The van der Waals surface area contributed by atoms with Crippen molar-refractivity contribution < 1.29 is 4.79 Å². The van der Waals surface area contributed by atoms with Crippen LogP contribution in [0.3, 0.4) is 0 Å². The van der Waals surface area contributed by atoms with Crippen LogP contribution in [-0.4, -0.2) is 48.7 Å². The van der Waals surface area contributed by atoms with Crippen molar-refractivity contribution in [3.63, 3.8) is 0 Å². The number of rotatable bonds is 3. The molecule has 0 unspecified atom stereocenters. The van der Waals surface area contributed by atoms with Gasteiger partial charge in [-0.1, -0.05) is 0 Å². The van der Waals surface area contributed by atoms with Crippen molar-refractivity contribution >= 4 is 22.9 Å². The molecule has 27 heavy (non-hydrogen) atoms. The van der Waals surface area contributed by atoms with Gasteiger partial charge in [0, 0.05) is 24.9 Å². The molecule has 1 saturated carbocycles. The third-order valence-corrected chi connectivity index (χ3v) is 6.61. The number of likely N-dealkylation sites (tertiary alicyclic amines) is 1. The summed E-state index contributed by atoms with van der Waals surface area (Å²) in [6, 6.07) is 4.09. The Labute approximate surface area is 161 Å². The van der Waals surface area contributed by atoms with Gasteiger partial charge in [0.05, 0.1) is 16.4 Å². The molecule has 0 spiro atoms. The first-order valence-electron chi connectivity index (χ1n) is 9.55. The molecule has 3 aromatic heterocycles. The lowest BCUT2D eigenvalue weighted by Gasteiger charge is -2.30. The van der Waals surface area contributed by atoms with E-state index in [0.717, 1.165) is 58.7 Å². The first-order chi connectivity index (χ1) is 13.1. The van der Waals surface area contributed by atoms with Gasteiger partial charge in [0.25, 0.3) is 5.91 Å². The summed E-state index contributed by atoms with van der Waals surface area (Å²) in [5.41, 5.74) is 2.79. The van der Waals surface area contributed by atoms with E-state index in [1.807, 2.05) is 29.3 Å². The summed E-state index contributed by atoms with van der Waals surface area (Å²) in [4.78, 5) is 19.9. The van der Waals surface area contributed by atoms with Crippen molar-refractivity contribution in [3.05, 3.63) is 39.2 Å². The average Bonchev–Trinajstić information content (AvgIpc) is 3.36. The van der Waals surface area contributed by atoms with Crippen LogP contribution in [0.1, 0.15) is 69.4 Å². The molecule has 140 valence electrons. The zero-order valence-corrected chi connectivity index (χ0v) is 16.4. The number of aromatic nitrogens is 5. The quantitative estimate of drug-likeness (QED) is 0.696. The molecule has 1 amide bonds. The fraction of sp³-hybridized carbons (Fsp3) is 0.526. The van der Waals surface area contributed by atoms with Gasteiger partial charge in [-0.05, 0) is 51.7 Å².